The summed E-state index contributed by atoms with van der Waals surface area (Å²) in [6.45, 7) is 1.96. The van der Waals surface area contributed by atoms with Crippen molar-refractivity contribution in [1.29, 1.82) is 0 Å². The van der Waals surface area contributed by atoms with E-state index in [9.17, 15) is 4.79 Å². The number of aromatic nitrogens is 2. The van der Waals surface area contributed by atoms with Crippen LogP contribution in [0.3, 0.4) is 0 Å². The average Bonchev–Trinajstić information content (AvgIpc) is 2.71. The molecule has 8 heteroatoms. The molecule has 0 saturated heterocycles. The summed E-state index contributed by atoms with van der Waals surface area (Å²) in [6, 6.07) is 13.8. The van der Waals surface area contributed by atoms with Crippen molar-refractivity contribution in [2.75, 3.05) is 24.9 Å². The summed E-state index contributed by atoms with van der Waals surface area (Å²) in [6.07, 6.45) is 0. The SMILES string of the molecule is COc1ccc(C(=O)Nc2ccc(Nc3cc(Cl)ccc3C)nn2)cc1OC. The van der Waals surface area contributed by atoms with E-state index in [0.29, 0.717) is 33.7 Å². The molecule has 144 valence electrons. The fourth-order valence-corrected chi connectivity index (χ4v) is 2.67. The van der Waals surface area contributed by atoms with Crippen LogP contribution in [0.4, 0.5) is 17.3 Å². The van der Waals surface area contributed by atoms with Gasteiger partial charge < -0.3 is 20.1 Å². The van der Waals surface area contributed by atoms with E-state index in [2.05, 4.69) is 20.8 Å². The molecule has 2 aromatic carbocycles. The summed E-state index contributed by atoms with van der Waals surface area (Å²) < 4.78 is 10.4. The lowest BCUT2D eigenvalue weighted by Gasteiger charge is -2.10. The van der Waals surface area contributed by atoms with Gasteiger partial charge in [0.05, 0.1) is 14.2 Å². The van der Waals surface area contributed by atoms with Gasteiger partial charge in [0.25, 0.3) is 5.91 Å². The molecule has 0 unspecified atom stereocenters. The normalized spacial score (nSPS) is 10.3. The van der Waals surface area contributed by atoms with Gasteiger partial charge in [0.15, 0.2) is 23.1 Å². The standard InChI is InChI=1S/C20H19ClN4O3/c1-12-4-6-14(21)11-15(12)22-18-8-9-19(25-24-18)23-20(26)13-5-7-16(27-2)17(10-13)28-3/h4-11H,1-3H3,(H,22,24)(H,23,25,26). The monoisotopic (exact) mass is 398 g/mol. The fourth-order valence-electron chi connectivity index (χ4n) is 2.50. The van der Waals surface area contributed by atoms with E-state index in [1.54, 1.807) is 30.3 Å². The first-order valence-corrected chi connectivity index (χ1v) is 8.78. The van der Waals surface area contributed by atoms with Gasteiger partial charge in [-0.05, 0) is 55.0 Å². The Kier molecular flexibility index (Phi) is 5.96. The van der Waals surface area contributed by atoms with E-state index in [0.717, 1.165) is 11.3 Å². The van der Waals surface area contributed by atoms with Crippen molar-refractivity contribution in [2.45, 2.75) is 6.92 Å². The van der Waals surface area contributed by atoms with Crippen molar-refractivity contribution >= 4 is 34.8 Å². The predicted octanol–water partition coefficient (Wildman–Crippen LogP) is 4.45. The number of anilines is 3. The number of ether oxygens (including phenoxy) is 2. The molecule has 0 fully saturated rings. The van der Waals surface area contributed by atoms with Gasteiger partial charge in [0, 0.05) is 16.3 Å². The molecule has 0 aliphatic heterocycles. The molecule has 2 N–H and O–H groups in total. The van der Waals surface area contributed by atoms with Crippen LogP contribution in [0.1, 0.15) is 15.9 Å². The quantitative estimate of drug-likeness (QED) is 0.638. The van der Waals surface area contributed by atoms with Gasteiger partial charge in [-0.25, -0.2) is 0 Å². The van der Waals surface area contributed by atoms with E-state index >= 15 is 0 Å². The zero-order valence-electron chi connectivity index (χ0n) is 15.6. The van der Waals surface area contributed by atoms with E-state index in [1.807, 2.05) is 25.1 Å². The molecule has 3 rings (SSSR count). The zero-order valence-corrected chi connectivity index (χ0v) is 16.4. The minimum atomic E-state index is -0.332. The van der Waals surface area contributed by atoms with E-state index in [1.165, 1.54) is 14.2 Å². The van der Waals surface area contributed by atoms with Crippen LogP contribution < -0.4 is 20.1 Å². The number of methoxy groups -OCH3 is 2. The smallest absolute Gasteiger partial charge is 0.257 e. The van der Waals surface area contributed by atoms with E-state index in [-0.39, 0.29) is 5.91 Å². The highest BCUT2D eigenvalue weighted by molar-refractivity contribution is 6.30. The summed E-state index contributed by atoms with van der Waals surface area (Å²) in [4.78, 5) is 12.4. The van der Waals surface area contributed by atoms with Crippen molar-refractivity contribution in [2.24, 2.45) is 0 Å². The molecule has 0 aliphatic rings. The molecule has 1 amide bonds. The van der Waals surface area contributed by atoms with Crippen LogP contribution in [0.15, 0.2) is 48.5 Å². The van der Waals surface area contributed by atoms with Crippen LogP contribution >= 0.6 is 11.6 Å². The lowest BCUT2D eigenvalue weighted by molar-refractivity contribution is 0.102. The van der Waals surface area contributed by atoms with Crippen molar-refractivity contribution in [3.8, 4) is 11.5 Å². The van der Waals surface area contributed by atoms with Crippen LogP contribution in [-0.2, 0) is 0 Å². The van der Waals surface area contributed by atoms with Crippen LogP contribution in [0.25, 0.3) is 0 Å². The molecule has 7 nitrogen and oxygen atoms in total. The lowest BCUT2D eigenvalue weighted by atomic mass is 10.2. The van der Waals surface area contributed by atoms with Crippen LogP contribution in [0.2, 0.25) is 5.02 Å². The average molecular weight is 399 g/mol. The number of aryl methyl sites for hydroxylation is 1. The van der Waals surface area contributed by atoms with Crippen LogP contribution in [-0.4, -0.2) is 30.3 Å². The Morgan fingerprint density at radius 1 is 0.929 bits per heavy atom. The third-order valence-corrected chi connectivity index (χ3v) is 4.25. The minimum Gasteiger partial charge on any atom is -0.493 e. The number of nitrogens with one attached hydrogen (secondary N) is 2. The number of carbonyl (C=O) groups excluding carboxylic acids is 1. The van der Waals surface area contributed by atoms with Gasteiger partial charge in [-0.3, -0.25) is 4.79 Å². The second-order valence-corrected chi connectivity index (χ2v) is 6.35. The largest absolute Gasteiger partial charge is 0.493 e. The highest BCUT2D eigenvalue weighted by atomic mass is 35.5. The van der Waals surface area contributed by atoms with Gasteiger partial charge in [-0.1, -0.05) is 17.7 Å². The van der Waals surface area contributed by atoms with Gasteiger partial charge in [0.2, 0.25) is 0 Å². The highest BCUT2D eigenvalue weighted by Crippen LogP contribution is 2.28. The third kappa shape index (κ3) is 4.50. The summed E-state index contributed by atoms with van der Waals surface area (Å²) in [5.41, 5.74) is 2.28. The Bertz CT molecular complexity index is 993. The molecule has 0 spiro atoms. The number of amides is 1. The van der Waals surface area contributed by atoms with Gasteiger partial charge in [0.1, 0.15) is 0 Å². The van der Waals surface area contributed by atoms with E-state index < -0.39 is 0 Å². The number of rotatable bonds is 6. The van der Waals surface area contributed by atoms with E-state index in [4.69, 9.17) is 21.1 Å². The van der Waals surface area contributed by atoms with Gasteiger partial charge in [-0.15, -0.1) is 10.2 Å². The topological polar surface area (TPSA) is 85.4 Å². The van der Waals surface area contributed by atoms with Crippen molar-refractivity contribution in [1.82, 2.24) is 10.2 Å². The molecular formula is C20H19ClN4O3. The van der Waals surface area contributed by atoms with Gasteiger partial charge >= 0.3 is 0 Å². The summed E-state index contributed by atoms with van der Waals surface area (Å²) in [7, 11) is 3.05. The molecule has 0 aliphatic carbocycles. The number of hydrogen-bond acceptors (Lipinski definition) is 6. The summed E-state index contributed by atoms with van der Waals surface area (Å²) in [5.74, 6) is 1.55. The Morgan fingerprint density at radius 2 is 1.64 bits per heavy atom. The first-order valence-electron chi connectivity index (χ1n) is 8.40. The lowest BCUT2D eigenvalue weighted by Crippen LogP contribution is -2.13. The molecule has 0 saturated carbocycles. The Morgan fingerprint density at radius 3 is 2.32 bits per heavy atom. The molecule has 1 heterocycles. The molecule has 0 radical (unpaired) electrons. The molecule has 28 heavy (non-hydrogen) atoms. The highest BCUT2D eigenvalue weighted by Gasteiger charge is 2.12. The molecule has 1 aromatic heterocycles. The Balaban J connectivity index is 1.70. The number of benzene rings is 2. The first kappa shape index (κ1) is 19.4. The van der Waals surface area contributed by atoms with Crippen molar-refractivity contribution in [3.05, 3.63) is 64.7 Å². The van der Waals surface area contributed by atoms with Gasteiger partial charge in [-0.2, -0.15) is 0 Å². The molecular weight excluding hydrogens is 380 g/mol. The maximum absolute atomic E-state index is 12.4. The van der Waals surface area contributed by atoms with Crippen molar-refractivity contribution in [3.63, 3.8) is 0 Å². The molecule has 0 bridgehead atoms. The molecule has 3 aromatic rings. The molecule has 0 atom stereocenters. The minimum absolute atomic E-state index is 0.327. The van der Waals surface area contributed by atoms with Crippen molar-refractivity contribution < 1.29 is 14.3 Å². The van der Waals surface area contributed by atoms with Crippen LogP contribution in [0, 0.1) is 6.92 Å². The number of halogens is 1. The number of hydrogen-bond donors (Lipinski definition) is 2. The van der Waals surface area contributed by atoms with Crippen LogP contribution in [0.5, 0.6) is 11.5 Å². The number of nitrogens with zero attached hydrogens (tertiary/aromatic N) is 2. The maximum atomic E-state index is 12.4. The fraction of sp³-hybridized carbons (Fsp3) is 0.150. The Hall–Kier alpha value is -3.32. The third-order valence-electron chi connectivity index (χ3n) is 4.01. The maximum Gasteiger partial charge on any atom is 0.257 e. The first-order chi connectivity index (χ1) is 13.5. The second kappa shape index (κ2) is 8.58. The summed E-state index contributed by atoms with van der Waals surface area (Å²) >= 11 is 6.02. The Labute approximate surface area is 167 Å². The second-order valence-electron chi connectivity index (χ2n) is 5.91. The number of carbonyl (C=O) groups is 1. The zero-order chi connectivity index (χ0) is 20.1. The predicted molar refractivity (Wildman–Crippen MR) is 109 cm³/mol. The summed E-state index contributed by atoms with van der Waals surface area (Å²) in [5, 5.41) is 14.6.